The second-order valence-electron chi connectivity index (χ2n) is 7.69. The van der Waals surface area contributed by atoms with Gasteiger partial charge in [0.2, 0.25) is 15.9 Å². The quantitative estimate of drug-likeness (QED) is 0.720. The fourth-order valence-corrected chi connectivity index (χ4v) is 4.39. The van der Waals surface area contributed by atoms with E-state index in [-0.39, 0.29) is 12.5 Å². The van der Waals surface area contributed by atoms with Crippen molar-refractivity contribution >= 4 is 21.6 Å². The molecule has 1 N–H and O–H groups in total. The summed E-state index contributed by atoms with van der Waals surface area (Å²) in [7, 11) is -3.56. The maximum Gasteiger partial charge on any atom is 0.241 e. The highest BCUT2D eigenvalue weighted by Crippen LogP contribution is 2.18. The number of nitrogens with zero attached hydrogens (tertiary/aromatic N) is 2. The van der Waals surface area contributed by atoms with Crippen LogP contribution >= 0.6 is 0 Å². The molecule has 1 fully saturated rings. The van der Waals surface area contributed by atoms with Crippen LogP contribution in [-0.2, 0) is 27.9 Å². The zero-order valence-electron chi connectivity index (χ0n) is 17.1. The number of hydrogen-bond donors (Lipinski definition) is 1. The van der Waals surface area contributed by atoms with Gasteiger partial charge in [0.1, 0.15) is 6.54 Å². The second-order valence-corrected chi connectivity index (χ2v) is 9.59. The van der Waals surface area contributed by atoms with Crippen LogP contribution in [0.3, 0.4) is 0 Å². The number of amides is 1. The van der Waals surface area contributed by atoms with Crippen LogP contribution in [0, 0.1) is 6.92 Å². The molecule has 0 aliphatic carbocycles. The minimum atomic E-state index is -3.56. The van der Waals surface area contributed by atoms with Crippen molar-refractivity contribution in [2.24, 2.45) is 0 Å². The lowest BCUT2D eigenvalue weighted by molar-refractivity contribution is -0.119. The molecule has 0 radical (unpaired) electrons. The van der Waals surface area contributed by atoms with Gasteiger partial charge in [-0.3, -0.25) is 14.0 Å². The van der Waals surface area contributed by atoms with Crippen molar-refractivity contribution in [2.45, 2.75) is 32.9 Å². The summed E-state index contributed by atoms with van der Waals surface area (Å²) in [5, 5.41) is 2.84. The normalized spacial score (nSPS) is 14.7. The molecule has 1 amide bonds. The first kappa shape index (κ1) is 21.3. The zero-order chi connectivity index (χ0) is 20.9. The van der Waals surface area contributed by atoms with Crippen LogP contribution in [0.25, 0.3) is 0 Å². The number of nitrogens with one attached hydrogen (secondary N) is 1. The number of aryl methyl sites for hydroxylation is 1. The smallest absolute Gasteiger partial charge is 0.241 e. The van der Waals surface area contributed by atoms with Crippen molar-refractivity contribution in [3.63, 3.8) is 0 Å². The van der Waals surface area contributed by atoms with Crippen LogP contribution in [0.2, 0.25) is 0 Å². The van der Waals surface area contributed by atoms with Crippen molar-refractivity contribution in [3.8, 4) is 0 Å². The maximum atomic E-state index is 12.5. The lowest BCUT2D eigenvalue weighted by Crippen LogP contribution is -2.40. The number of anilines is 1. The Hall–Kier alpha value is -2.38. The fourth-order valence-electron chi connectivity index (χ4n) is 3.53. The number of hydrogen-bond acceptors (Lipinski definition) is 4. The molecule has 0 spiro atoms. The number of sulfonamides is 1. The van der Waals surface area contributed by atoms with Crippen molar-refractivity contribution in [1.82, 2.24) is 10.2 Å². The summed E-state index contributed by atoms with van der Waals surface area (Å²) in [6.07, 6.45) is 3.63. The van der Waals surface area contributed by atoms with Gasteiger partial charge < -0.3 is 5.32 Å². The molecular weight excluding hydrogens is 386 g/mol. The van der Waals surface area contributed by atoms with Crippen molar-refractivity contribution in [3.05, 3.63) is 65.2 Å². The number of likely N-dealkylation sites (tertiary alicyclic amines) is 1. The molecule has 3 rings (SSSR count). The molecule has 156 valence electrons. The Morgan fingerprint density at radius 3 is 2.38 bits per heavy atom. The molecule has 0 unspecified atom stereocenters. The Bertz CT molecular complexity index is 936. The summed E-state index contributed by atoms with van der Waals surface area (Å²) >= 11 is 0. The summed E-state index contributed by atoms with van der Waals surface area (Å²) in [4.78, 5) is 14.9. The van der Waals surface area contributed by atoms with E-state index in [2.05, 4.69) is 22.3 Å². The molecule has 2 aromatic rings. The molecule has 7 heteroatoms. The van der Waals surface area contributed by atoms with E-state index in [9.17, 15) is 13.2 Å². The Kier molecular flexibility index (Phi) is 6.92. The Labute approximate surface area is 173 Å². The molecule has 1 heterocycles. The third-order valence-electron chi connectivity index (χ3n) is 5.10. The molecule has 0 saturated carbocycles. The van der Waals surface area contributed by atoms with Crippen molar-refractivity contribution in [1.29, 1.82) is 0 Å². The Morgan fingerprint density at radius 2 is 1.72 bits per heavy atom. The van der Waals surface area contributed by atoms with Crippen LogP contribution in [0.4, 0.5) is 5.69 Å². The average molecular weight is 416 g/mol. The monoisotopic (exact) mass is 415 g/mol. The minimum absolute atomic E-state index is 0.241. The van der Waals surface area contributed by atoms with Gasteiger partial charge in [-0.05, 0) is 56.1 Å². The molecule has 29 heavy (non-hydrogen) atoms. The van der Waals surface area contributed by atoms with Crippen molar-refractivity contribution < 1.29 is 13.2 Å². The third kappa shape index (κ3) is 6.30. The highest BCUT2D eigenvalue weighted by atomic mass is 32.2. The molecule has 1 aliphatic rings. The number of rotatable bonds is 8. The number of carbonyl (C=O) groups excluding carboxylic acids is 1. The van der Waals surface area contributed by atoms with Gasteiger partial charge in [-0.15, -0.1) is 0 Å². The van der Waals surface area contributed by atoms with Crippen LogP contribution in [0.5, 0.6) is 0 Å². The highest BCUT2D eigenvalue weighted by molar-refractivity contribution is 7.92. The molecule has 0 bridgehead atoms. The van der Waals surface area contributed by atoms with Gasteiger partial charge in [0, 0.05) is 13.1 Å². The molecule has 0 atom stereocenters. The summed E-state index contributed by atoms with van der Waals surface area (Å²) < 4.78 is 25.5. The number of benzene rings is 2. The molecule has 6 nitrogen and oxygen atoms in total. The SMILES string of the molecule is Cc1ccc(N(CC(=O)NCc2cccc(CN3CCCC3)c2)S(C)(=O)=O)cc1. The van der Waals surface area contributed by atoms with E-state index >= 15 is 0 Å². The van der Waals surface area contributed by atoms with E-state index in [0.29, 0.717) is 12.2 Å². The highest BCUT2D eigenvalue weighted by Gasteiger charge is 2.20. The fraction of sp³-hybridized carbons (Fsp3) is 0.409. The van der Waals surface area contributed by atoms with Gasteiger partial charge in [0.25, 0.3) is 0 Å². The first-order valence-corrected chi connectivity index (χ1v) is 11.8. The van der Waals surface area contributed by atoms with Gasteiger partial charge in [-0.2, -0.15) is 0 Å². The average Bonchev–Trinajstić information content (AvgIpc) is 3.18. The van der Waals surface area contributed by atoms with E-state index in [1.54, 1.807) is 12.1 Å². The van der Waals surface area contributed by atoms with E-state index < -0.39 is 10.0 Å². The Morgan fingerprint density at radius 1 is 1.07 bits per heavy atom. The largest absolute Gasteiger partial charge is 0.350 e. The summed E-state index contributed by atoms with van der Waals surface area (Å²) in [6, 6.07) is 15.3. The predicted molar refractivity (Wildman–Crippen MR) is 116 cm³/mol. The van der Waals surface area contributed by atoms with E-state index in [4.69, 9.17) is 0 Å². The van der Waals surface area contributed by atoms with Gasteiger partial charge >= 0.3 is 0 Å². The molecule has 0 aromatic heterocycles. The second kappa shape index (κ2) is 9.41. The van der Waals surface area contributed by atoms with Gasteiger partial charge in [0.15, 0.2) is 0 Å². The van der Waals surface area contributed by atoms with Gasteiger partial charge in [0.05, 0.1) is 11.9 Å². The van der Waals surface area contributed by atoms with E-state index in [0.717, 1.165) is 41.3 Å². The standard InChI is InChI=1S/C22H29N3O3S/c1-18-8-10-21(11-9-18)25(29(2,27)28)17-22(26)23-15-19-6-5-7-20(14-19)16-24-12-3-4-13-24/h5-11,14H,3-4,12-13,15-17H2,1-2H3,(H,23,26). The van der Waals surface area contributed by atoms with Gasteiger partial charge in [-0.1, -0.05) is 42.0 Å². The molecule has 1 aliphatic heterocycles. The molecule has 2 aromatic carbocycles. The summed E-state index contributed by atoms with van der Waals surface area (Å²) in [5.74, 6) is -0.332. The first-order valence-electron chi connectivity index (χ1n) is 9.92. The predicted octanol–water partition coefficient (Wildman–Crippen LogP) is 2.67. The lowest BCUT2D eigenvalue weighted by atomic mass is 10.1. The topological polar surface area (TPSA) is 69.7 Å². The van der Waals surface area contributed by atoms with Crippen LogP contribution in [0.1, 0.15) is 29.5 Å². The third-order valence-corrected chi connectivity index (χ3v) is 6.24. The first-order chi connectivity index (χ1) is 13.8. The van der Waals surface area contributed by atoms with Crippen molar-refractivity contribution in [2.75, 3.05) is 30.2 Å². The zero-order valence-corrected chi connectivity index (χ0v) is 17.9. The van der Waals surface area contributed by atoms with E-state index in [1.165, 1.54) is 18.4 Å². The minimum Gasteiger partial charge on any atom is -0.350 e. The van der Waals surface area contributed by atoms with Crippen LogP contribution in [-0.4, -0.2) is 45.1 Å². The lowest BCUT2D eigenvalue weighted by Gasteiger charge is -2.22. The van der Waals surface area contributed by atoms with E-state index in [1.807, 2.05) is 31.2 Å². The number of carbonyl (C=O) groups is 1. The summed E-state index contributed by atoms with van der Waals surface area (Å²) in [6.45, 7) is 5.27. The van der Waals surface area contributed by atoms with Crippen LogP contribution < -0.4 is 9.62 Å². The maximum absolute atomic E-state index is 12.5. The Balaban J connectivity index is 1.60. The summed E-state index contributed by atoms with van der Waals surface area (Å²) in [5.41, 5.74) is 3.76. The van der Waals surface area contributed by atoms with Crippen LogP contribution in [0.15, 0.2) is 48.5 Å². The molecular formula is C22H29N3O3S. The van der Waals surface area contributed by atoms with Gasteiger partial charge in [-0.25, -0.2) is 8.42 Å². The molecule has 1 saturated heterocycles.